The molecular weight excluding hydrogens is 485 g/mol. The van der Waals surface area contributed by atoms with Crippen LogP contribution < -0.4 is 14.9 Å². The lowest BCUT2D eigenvalue weighted by Gasteiger charge is -2.34. The molecule has 0 unspecified atom stereocenters. The number of hydrogen-bond acceptors (Lipinski definition) is 5. The molecule has 194 valence electrons. The van der Waals surface area contributed by atoms with Crippen molar-refractivity contribution in [2.45, 2.75) is 68.5 Å². The molecule has 0 saturated heterocycles. The number of sulfonamides is 1. The molecule has 0 aromatic heterocycles. The first-order valence-electron chi connectivity index (χ1n) is 12.2. The molecule has 0 spiro atoms. The van der Waals surface area contributed by atoms with Gasteiger partial charge in [0.25, 0.3) is 0 Å². The fourth-order valence-corrected chi connectivity index (χ4v) is 6.44. The van der Waals surface area contributed by atoms with Gasteiger partial charge in [0, 0.05) is 24.7 Å². The van der Waals surface area contributed by atoms with Gasteiger partial charge in [-0.15, -0.1) is 0 Å². The Hall–Kier alpha value is -2.98. The number of hydrogen-bond donors (Lipinski definition) is 3. The molecule has 1 saturated carbocycles. The van der Waals surface area contributed by atoms with Crippen molar-refractivity contribution in [2.75, 3.05) is 11.9 Å². The molecule has 1 amide bonds. The van der Waals surface area contributed by atoms with Crippen LogP contribution in [-0.4, -0.2) is 44.5 Å². The predicted octanol–water partition coefficient (Wildman–Crippen LogP) is 3.38. The molecule has 2 aliphatic rings. The van der Waals surface area contributed by atoms with Crippen LogP contribution >= 0.6 is 0 Å². The summed E-state index contributed by atoms with van der Waals surface area (Å²) in [6, 6.07) is 9.65. The number of fused-ring (bicyclic) bond motifs is 1. The van der Waals surface area contributed by atoms with E-state index >= 15 is 0 Å². The van der Waals surface area contributed by atoms with E-state index in [1.54, 1.807) is 42.3 Å². The third kappa shape index (κ3) is 5.70. The molecule has 1 aliphatic carbocycles. The third-order valence-electron chi connectivity index (χ3n) is 7.34. The van der Waals surface area contributed by atoms with Crippen LogP contribution in [0.1, 0.15) is 56.2 Å². The summed E-state index contributed by atoms with van der Waals surface area (Å²) in [6.07, 6.45) is 3.24. The number of nitrogens with one attached hydrogen (secondary N) is 2. The van der Waals surface area contributed by atoms with Gasteiger partial charge in [0.1, 0.15) is 11.9 Å². The molecule has 8 nitrogen and oxygen atoms in total. The quantitative estimate of drug-likeness (QED) is 0.519. The Kier molecular flexibility index (Phi) is 7.65. The number of likely N-dealkylation sites (N-methyl/N-ethyl adjacent to an activating group) is 1. The van der Waals surface area contributed by atoms with Crippen molar-refractivity contribution in [3.05, 3.63) is 59.4 Å². The van der Waals surface area contributed by atoms with Crippen molar-refractivity contribution in [1.29, 1.82) is 0 Å². The Bertz CT molecular complexity index is 1230. The molecule has 10 heteroatoms. The minimum Gasteiger partial charge on any atom is -0.480 e. The SMILES string of the molecule is C[C@@H](NC(=O)C1CCC(NS(=O)(=O)c2ccc3c(c2)N(C)[C@@H](C(=O)O)CC3)CC1)c1ccc(F)cc1. The first-order valence-corrected chi connectivity index (χ1v) is 13.7. The standard InChI is InChI=1S/C26H32FN3O5S/c1-16(17-3-9-20(27)10-4-17)28-25(31)19-5-11-21(12-6-19)29-36(34,35)22-13-7-18-8-14-23(26(32)33)30(2)24(18)15-22/h3-4,7,9-10,13,15-16,19,21,23,29H,5-6,8,11-12,14H2,1-2H3,(H,28,31)(H,32,33)/t16-,19?,21?,23-/m1/s1. The van der Waals surface area contributed by atoms with Gasteiger partial charge in [0.15, 0.2) is 0 Å². The smallest absolute Gasteiger partial charge is 0.326 e. The second-order valence-electron chi connectivity index (χ2n) is 9.75. The van der Waals surface area contributed by atoms with Crippen LogP contribution in [0.5, 0.6) is 0 Å². The van der Waals surface area contributed by atoms with Crippen molar-refractivity contribution in [3.63, 3.8) is 0 Å². The summed E-state index contributed by atoms with van der Waals surface area (Å²) in [7, 11) is -2.14. The van der Waals surface area contributed by atoms with Crippen LogP contribution in [0.4, 0.5) is 10.1 Å². The number of carbonyl (C=O) groups is 2. The van der Waals surface area contributed by atoms with Crippen molar-refractivity contribution < 1.29 is 27.5 Å². The van der Waals surface area contributed by atoms with Gasteiger partial charge in [-0.3, -0.25) is 4.79 Å². The summed E-state index contributed by atoms with van der Waals surface area (Å²) in [6.45, 7) is 1.85. The normalized spacial score (nSPS) is 23.0. The van der Waals surface area contributed by atoms with Crippen LogP contribution in [0.15, 0.2) is 47.4 Å². The third-order valence-corrected chi connectivity index (χ3v) is 8.85. The number of halogens is 1. The van der Waals surface area contributed by atoms with Crippen molar-refractivity contribution in [3.8, 4) is 0 Å². The molecule has 1 heterocycles. The van der Waals surface area contributed by atoms with Gasteiger partial charge in [0.05, 0.1) is 10.9 Å². The van der Waals surface area contributed by atoms with Gasteiger partial charge in [-0.25, -0.2) is 22.3 Å². The highest BCUT2D eigenvalue weighted by atomic mass is 32.2. The lowest BCUT2D eigenvalue weighted by atomic mass is 9.85. The number of carboxylic acid groups (broad SMARTS) is 1. The summed E-state index contributed by atoms with van der Waals surface area (Å²) in [5, 5.41) is 12.4. The molecular formula is C26H32FN3O5S. The number of carboxylic acids is 1. The van der Waals surface area contributed by atoms with E-state index in [1.165, 1.54) is 12.1 Å². The van der Waals surface area contributed by atoms with Gasteiger partial charge in [0.2, 0.25) is 15.9 Å². The van der Waals surface area contributed by atoms with Gasteiger partial charge in [-0.2, -0.15) is 0 Å². The molecule has 1 fully saturated rings. The number of carbonyl (C=O) groups excluding carboxylic acids is 1. The molecule has 1 aliphatic heterocycles. The number of rotatable bonds is 7. The van der Waals surface area contributed by atoms with Crippen molar-refractivity contribution >= 4 is 27.6 Å². The van der Waals surface area contributed by atoms with E-state index in [9.17, 15) is 27.5 Å². The topological polar surface area (TPSA) is 116 Å². The molecule has 2 aromatic rings. The highest BCUT2D eigenvalue weighted by molar-refractivity contribution is 7.89. The highest BCUT2D eigenvalue weighted by Crippen LogP contribution is 2.32. The zero-order chi connectivity index (χ0) is 26.0. The minimum atomic E-state index is -3.81. The molecule has 36 heavy (non-hydrogen) atoms. The number of nitrogens with zero attached hydrogens (tertiary/aromatic N) is 1. The molecule has 0 bridgehead atoms. The maximum atomic E-state index is 13.1. The summed E-state index contributed by atoms with van der Waals surface area (Å²) < 4.78 is 42.1. The van der Waals surface area contributed by atoms with E-state index in [0.717, 1.165) is 11.1 Å². The largest absolute Gasteiger partial charge is 0.480 e. The zero-order valence-corrected chi connectivity index (χ0v) is 21.2. The molecule has 2 atom stereocenters. The summed E-state index contributed by atoms with van der Waals surface area (Å²) in [4.78, 5) is 26.0. The predicted molar refractivity (Wildman–Crippen MR) is 134 cm³/mol. The summed E-state index contributed by atoms with van der Waals surface area (Å²) in [5.74, 6) is -1.55. The Labute approximate surface area is 210 Å². The maximum Gasteiger partial charge on any atom is 0.326 e. The lowest BCUT2D eigenvalue weighted by molar-refractivity contribution is -0.138. The van der Waals surface area contributed by atoms with Gasteiger partial charge in [-0.05, 0) is 80.8 Å². The first-order chi connectivity index (χ1) is 17.0. The van der Waals surface area contributed by atoms with Gasteiger partial charge < -0.3 is 15.3 Å². The lowest BCUT2D eigenvalue weighted by Crippen LogP contribution is -2.42. The Morgan fingerprint density at radius 2 is 1.72 bits per heavy atom. The van der Waals surface area contributed by atoms with Crippen LogP contribution in [0.2, 0.25) is 0 Å². The summed E-state index contributed by atoms with van der Waals surface area (Å²) >= 11 is 0. The fourth-order valence-electron chi connectivity index (χ4n) is 5.12. The number of aryl methyl sites for hydroxylation is 1. The second kappa shape index (κ2) is 10.6. The summed E-state index contributed by atoms with van der Waals surface area (Å²) in [5.41, 5.74) is 2.36. The van der Waals surface area contributed by atoms with E-state index in [0.29, 0.717) is 44.2 Å². The molecule has 4 rings (SSSR count). The monoisotopic (exact) mass is 517 g/mol. The number of amides is 1. The van der Waals surface area contributed by atoms with E-state index in [-0.39, 0.29) is 34.6 Å². The Balaban J connectivity index is 1.34. The van der Waals surface area contributed by atoms with E-state index in [2.05, 4.69) is 10.0 Å². The van der Waals surface area contributed by atoms with E-state index in [1.807, 2.05) is 6.92 Å². The van der Waals surface area contributed by atoms with Crippen LogP contribution in [0.3, 0.4) is 0 Å². The van der Waals surface area contributed by atoms with Crippen LogP contribution in [0.25, 0.3) is 0 Å². The van der Waals surface area contributed by atoms with Gasteiger partial charge >= 0.3 is 5.97 Å². The molecule has 2 aromatic carbocycles. The van der Waals surface area contributed by atoms with E-state index < -0.39 is 22.0 Å². The van der Waals surface area contributed by atoms with Gasteiger partial charge in [-0.1, -0.05) is 18.2 Å². The molecule has 3 N–H and O–H groups in total. The zero-order valence-electron chi connectivity index (χ0n) is 20.4. The first kappa shape index (κ1) is 26.1. The highest BCUT2D eigenvalue weighted by Gasteiger charge is 2.32. The average Bonchev–Trinajstić information content (AvgIpc) is 2.84. The number of aliphatic carboxylic acids is 1. The van der Waals surface area contributed by atoms with Crippen molar-refractivity contribution in [2.24, 2.45) is 5.92 Å². The molecule has 0 radical (unpaired) electrons. The minimum absolute atomic E-state index is 0.0844. The van der Waals surface area contributed by atoms with Crippen LogP contribution in [0, 0.1) is 11.7 Å². The van der Waals surface area contributed by atoms with E-state index in [4.69, 9.17) is 0 Å². The Morgan fingerprint density at radius 1 is 1.06 bits per heavy atom. The Morgan fingerprint density at radius 3 is 2.36 bits per heavy atom. The van der Waals surface area contributed by atoms with Crippen molar-refractivity contribution in [1.82, 2.24) is 10.0 Å². The number of anilines is 1. The average molecular weight is 518 g/mol. The fraction of sp³-hybridized carbons (Fsp3) is 0.462. The number of benzene rings is 2. The second-order valence-corrected chi connectivity index (χ2v) is 11.5. The van der Waals surface area contributed by atoms with Crippen LogP contribution in [-0.2, 0) is 26.0 Å². The maximum absolute atomic E-state index is 13.1.